The van der Waals surface area contributed by atoms with Gasteiger partial charge >= 0.3 is 0 Å². The number of hydrogen-bond donors (Lipinski definition) is 1. The standard InChI is InChI=1S/C13H17ClFN/c14-13-5-4-12(15)8-11(13)9-16-7-6-10-2-1-3-10/h4-5,8,10,16H,1-3,6-7,9H2. The zero-order chi connectivity index (χ0) is 11.4. The molecule has 0 saturated heterocycles. The minimum Gasteiger partial charge on any atom is -0.313 e. The molecule has 1 N–H and O–H groups in total. The third-order valence-electron chi connectivity index (χ3n) is 3.28. The molecular formula is C13H17ClFN. The highest BCUT2D eigenvalue weighted by Gasteiger charge is 2.16. The van der Waals surface area contributed by atoms with Gasteiger partial charge in [0.15, 0.2) is 0 Å². The lowest BCUT2D eigenvalue weighted by Crippen LogP contribution is -2.21. The van der Waals surface area contributed by atoms with E-state index in [4.69, 9.17) is 11.6 Å². The highest BCUT2D eigenvalue weighted by Crippen LogP contribution is 2.28. The Morgan fingerprint density at radius 1 is 1.38 bits per heavy atom. The first-order chi connectivity index (χ1) is 7.75. The SMILES string of the molecule is Fc1ccc(Cl)c(CNCCC2CCC2)c1. The van der Waals surface area contributed by atoms with Crippen molar-refractivity contribution in [3.05, 3.63) is 34.6 Å². The molecule has 0 radical (unpaired) electrons. The Labute approximate surface area is 101 Å². The molecule has 1 aliphatic carbocycles. The maximum absolute atomic E-state index is 13.0. The van der Waals surface area contributed by atoms with Gasteiger partial charge in [0.2, 0.25) is 0 Å². The van der Waals surface area contributed by atoms with Gasteiger partial charge in [0.1, 0.15) is 5.82 Å². The minimum absolute atomic E-state index is 0.222. The Morgan fingerprint density at radius 3 is 2.88 bits per heavy atom. The fraction of sp³-hybridized carbons (Fsp3) is 0.538. The Morgan fingerprint density at radius 2 is 2.19 bits per heavy atom. The Kier molecular flexibility index (Phi) is 4.19. The molecule has 0 aliphatic heterocycles. The molecule has 0 unspecified atom stereocenters. The minimum atomic E-state index is -0.222. The van der Waals surface area contributed by atoms with Crippen molar-refractivity contribution in [3.63, 3.8) is 0 Å². The lowest BCUT2D eigenvalue weighted by Gasteiger charge is -2.25. The summed E-state index contributed by atoms with van der Waals surface area (Å²) in [6, 6.07) is 4.50. The van der Waals surface area contributed by atoms with Crippen LogP contribution in [0.25, 0.3) is 0 Å². The predicted molar refractivity (Wildman–Crippen MR) is 65.1 cm³/mol. The summed E-state index contributed by atoms with van der Waals surface area (Å²) in [4.78, 5) is 0. The van der Waals surface area contributed by atoms with E-state index in [1.165, 1.54) is 37.8 Å². The second-order valence-electron chi connectivity index (χ2n) is 4.50. The maximum Gasteiger partial charge on any atom is 0.123 e. The first-order valence-electron chi connectivity index (χ1n) is 5.90. The van der Waals surface area contributed by atoms with E-state index in [1.54, 1.807) is 6.07 Å². The van der Waals surface area contributed by atoms with Crippen LogP contribution in [0.15, 0.2) is 18.2 Å². The van der Waals surface area contributed by atoms with E-state index in [1.807, 2.05) is 0 Å². The number of hydrogen-bond acceptors (Lipinski definition) is 1. The van der Waals surface area contributed by atoms with Gasteiger partial charge in [-0.25, -0.2) is 4.39 Å². The van der Waals surface area contributed by atoms with Crippen LogP contribution >= 0.6 is 11.6 Å². The summed E-state index contributed by atoms with van der Waals surface area (Å²) in [5.74, 6) is 0.690. The van der Waals surface area contributed by atoms with E-state index in [0.717, 1.165) is 18.0 Å². The quantitative estimate of drug-likeness (QED) is 0.774. The molecule has 16 heavy (non-hydrogen) atoms. The van der Waals surface area contributed by atoms with Gasteiger partial charge < -0.3 is 5.32 Å². The molecule has 88 valence electrons. The van der Waals surface area contributed by atoms with Crippen LogP contribution in [0.1, 0.15) is 31.2 Å². The van der Waals surface area contributed by atoms with Gasteiger partial charge in [0, 0.05) is 11.6 Å². The number of benzene rings is 1. The van der Waals surface area contributed by atoms with Crippen molar-refractivity contribution in [2.45, 2.75) is 32.2 Å². The molecule has 1 aliphatic rings. The molecular weight excluding hydrogens is 225 g/mol. The van der Waals surface area contributed by atoms with Crippen molar-refractivity contribution < 1.29 is 4.39 Å². The Bertz CT molecular complexity index is 350. The Balaban J connectivity index is 1.73. The van der Waals surface area contributed by atoms with Crippen LogP contribution in [-0.4, -0.2) is 6.54 Å². The van der Waals surface area contributed by atoms with Gasteiger partial charge in [0.25, 0.3) is 0 Å². The fourth-order valence-electron chi connectivity index (χ4n) is 1.99. The third kappa shape index (κ3) is 3.19. The van der Waals surface area contributed by atoms with Crippen LogP contribution in [0.3, 0.4) is 0 Å². The molecule has 1 aromatic carbocycles. The maximum atomic E-state index is 13.0. The average molecular weight is 242 g/mol. The van der Waals surface area contributed by atoms with Crippen molar-refractivity contribution in [2.24, 2.45) is 5.92 Å². The third-order valence-corrected chi connectivity index (χ3v) is 3.65. The molecule has 0 heterocycles. The van der Waals surface area contributed by atoms with Crippen LogP contribution in [0.5, 0.6) is 0 Å². The van der Waals surface area contributed by atoms with Gasteiger partial charge in [-0.1, -0.05) is 30.9 Å². The van der Waals surface area contributed by atoms with E-state index in [2.05, 4.69) is 5.32 Å². The normalized spacial score (nSPS) is 16.1. The smallest absolute Gasteiger partial charge is 0.123 e. The van der Waals surface area contributed by atoms with Gasteiger partial charge in [-0.15, -0.1) is 0 Å². The zero-order valence-electron chi connectivity index (χ0n) is 9.31. The summed E-state index contributed by atoms with van der Waals surface area (Å²) in [6.45, 7) is 1.65. The summed E-state index contributed by atoms with van der Waals surface area (Å²) in [5.41, 5.74) is 0.843. The molecule has 1 nitrogen and oxygen atoms in total. The highest BCUT2D eigenvalue weighted by atomic mass is 35.5. The van der Waals surface area contributed by atoms with Crippen molar-refractivity contribution in [3.8, 4) is 0 Å². The molecule has 0 spiro atoms. The summed E-state index contributed by atoms with van der Waals surface area (Å²) in [7, 11) is 0. The molecule has 1 aromatic rings. The number of rotatable bonds is 5. The van der Waals surface area contributed by atoms with Crippen molar-refractivity contribution in [1.82, 2.24) is 5.32 Å². The van der Waals surface area contributed by atoms with Gasteiger partial charge in [-0.3, -0.25) is 0 Å². The van der Waals surface area contributed by atoms with Crippen LogP contribution in [0.2, 0.25) is 5.02 Å². The van der Waals surface area contributed by atoms with Crippen molar-refractivity contribution in [2.75, 3.05) is 6.54 Å². The first kappa shape index (κ1) is 11.9. The number of halogens is 2. The molecule has 0 amide bonds. The Hall–Kier alpha value is -0.600. The van der Waals surface area contributed by atoms with E-state index < -0.39 is 0 Å². The first-order valence-corrected chi connectivity index (χ1v) is 6.28. The molecule has 1 fully saturated rings. The second-order valence-corrected chi connectivity index (χ2v) is 4.91. The van der Waals surface area contributed by atoms with Crippen molar-refractivity contribution >= 4 is 11.6 Å². The highest BCUT2D eigenvalue weighted by molar-refractivity contribution is 6.31. The fourth-order valence-corrected chi connectivity index (χ4v) is 2.17. The van der Waals surface area contributed by atoms with Gasteiger partial charge in [0.05, 0.1) is 0 Å². The molecule has 0 atom stereocenters. The monoisotopic (exact) mass is 241 g/mol. The molecule has 3 heteroatoms. The lowest BCUT2D eigenvalue weighted by molar-refractivity contribution is 0.292. The second kappa shape index (κ2) is 5.65. The van der Waals surface area contributed by atoms with Gasteiger partial charge in [-0.05, 0) is 42.6 Å². The molecule has 0 aromatic heterocycles. The number of nitrogens with one attached hydrogen (secondary N) is 1. The average Bonchev–Trinajstić information content (AvgIpc) is 2.20. The van der Waals surface area contributed by atoms with Crippen molar-refractivity contribution in [1.29, 1.82) is 0 Å². The summed E-state index contributed by atoms with van der Waals surface area (Å²) in [5, 5.41) is 3.95. The lowest BCUT2D eigenvalue weighted by atomic mass is 9.83. The largest absolute Gasteiger partial charge is 0.313 e. The summed E-state index contributed by atoms with van der Waals surface area (Å²) < 4.78 is 13.0. The van der Waals surface area contributed by atoms with Gasteiger partial charge in [-0.2, -0.15) is 0 Å². The zero-order valence-corrected chi connectivity index (χ0v) is 10.1. The van der Waals surface area contributed by atoms with Crippen LogP contribution in [0.4, 0.5) is 4.39 Å². The van der Waals surface area contributed by atoms with Crippen LogP contribution < -0.4 is 5.32 Å². The van der Waals surface area contributed by atoms with Crippen LogP contribution in [0, 0.1) is 11.7 Å². The van der Waals surface area contributed by atoms with E-state index >= 15 is 0 Å². The van der Waals surface area contributed by atoms with Crippen LogP contribution in [-0.2, 0) is 6.54 Å². The van der Waals surface area contributed by atoms with E-state index in [-0.39, 0.29) is 5.82 Å². The topological polar surface area (TPSA) is 12.0 Å². The molecule has 1 saturated carbocycles. The molecule has 2 rings (SSSR count). The summed E-state index contributed by atoms with van der Waals surface area (Å²) in [6.07, 6.45) is 5.37. The predicted octanol–water partition coefficient (Wildman–Crippen LogP) is 3.76. The molecule has 0 bridgehead atoms. The van der Waals surface area contributed by atoms with E-state index in [9.17, 15) is 4.39 Å². The van der Waals surface area contributed by atoms with E-state index in [0.29, 0.717) is 11.6 Å². The summed E-state index contributed by atoms with van der Waals surface area (Å²) >= 11 is 5.97.